The molecule has 0 fully saturated rings. The summed E-state index contributed by atoms with van der Waals surface area (Å²) in [6.45, 7) is -0.120. The molecule has 0 saturated heterocycles. The van der Waals surface area contributed by atoms with Gasteiger partial charge in [-0.05, 0) is 42.5 Å². The molecule has 0 radical (unpaired) electrons. The molecule has 9 heteroatoms. The third kappa shape index (κ3) is 4.77. The Bertz CT molecular complexity index is 954. The number of carbonyl (C=O) groups excluding carboxylic acids is 1. The molecule has 6 nitrogen and oxygen atoms in total. The van der Waals surface area contributed by atoms with Gasteiger partial charge in [0.05, 0.1) is 30.1 Å². The van der Waals surface area contributed by atoms with Crippen molar-refractivity contribution < 1.29 is 22.0 Å². The summed E-state index contributed by atoms with van der Waals surface area (Å²) in [7, 11) is -3.62. The topological polar surface area (TPSA) is 90.3 Å². The summed E-state index contributed by atoms with van der Waals surface area (Å²) in [6.07, 6.45) is 1.02. The molecule has 0 spiro atoms. The highest BCUT2D eigenvalue weighted by atomic mass is 32.2. The molecule has 26 heavy (non-hydrogen) atoms. The second kappa shape index (κ2) is 7.93. The number of benzene rings is 2. The van der Waals surface area contributed by atoms with Gasteiger partial charge in [0.25, 0.3) is 5.91 Å². The van der Waals surface area contributed by atoms with E-state index in [0.717, 1.165) is 28.8 Å². The number of halogens is 2. The first kappa shape index (κ1) is 19.3. The Morgan fingerprint density at radius 1 is 1.15 bits per heavy atom. The largest absolute Gasteiger partial charge is 0.350 e. The fourth-order valence-electron chi connectivity index (χ4n) is 2.20. The maximum absolute atomic E-state index is 13.2. The fraction of sp³-hybridized carbons (Fsp3) is 0.176. The van der Waals surface area contributed by atoms with Gasteiger partial charge in [0.15, 0.2) is 11.6 Å². The number of hydrogen-bond donors (Lipinski definition) is 1. The molecule has 0 bridgehead atoms. The Labute approximate surface area is 149 Å². The highest BCUT2D eigenvalue weighted by Gasteiger charge is 2.18. The summed E-state index contributed by atoms with van der Waals surface area (Å²) >= 11 is 0. The minimum Gasteiger partial charge on any atom is -0.350 e. The van der Waals surface area contributed by atoms with Crippen LogP contribution in [-0.4, -0.2) is 33.7 Å². The first-order valence-electron chi connectivity index (χ1n) is 7.43. The van der Waals surface area contributed by atoms with E-state index in [0.29, 0.717) is 11.3 Å². The first-order chi connectivity index (χ1) is 12.2. The Morgan fingerprint density at radius 2 is 1.81 bits per heavy atom. The zero-order chi connectivity index (χ0) is 19.3. The zero-order valence-corrected chi connectivity index (χ0v) is 14.6. The van der Waals surface area contributed by atoms with Crippen molar-refractivity contribution in [2.75, 3.05) is 23.7 Å². The second-order valence-corrected chi connectivity index (χ2v) is 7.29. The van der Waals surface area contributed by atoms with E-state index in [1.807, 2.05) is 6.07 Å². The standard InChI is InChI=1S/C17H15F2N3O3S/c1-26(24,25)22(14-5-2-12(11-20)3-6-14)9-8-21-17(23)13-4-7-15(18)16(19)10-13/h2-7,10H,8-9H2,1H3,(H,21,23). The Kier molecular flexibility index (Phi) is 5.90. The summed E-state index contributed by atoms with van der Waals surface area (Å²) in [5, 5.41) is 11.2. The van der Waals surface area contributed by atoms with Gasteiger partial charge < -0.3 is 5.32 Å². The number of nitriles is 1. The predicted molar refractivity (Wildman–Crippen MR) is 92.0 cm³/mol. The molecule has 136 valence electrons. The average Bonchev–Trinajstić information content (AvgIpc) is 2.60. The minimum absolute atomic E-state index is 0.0507. The number of rotatable bonds is 6. The molecular formula is C17H15F2N3O3S. The van der Waals surface area contributed by atoms with E-state index in [2.05, 4.69) is 5.32 Å². The molecule has 0 heterocycles. The maximum atomic E-state index is 13.2. The highest BCUT2D eigenvalue weighted by Crippen LogP contribution is 2.17. The highest BCUT2D eigenvalue weighted by molar-refractivity contribution is 7.92. The molecule has 0 atom stereocenters. The third-order valence-electron chi connectivity index (χ3n) is 3.47. The second-order valence-electron chi connectivity index (χ2n) is 5.38. The van der Waals surface area contributed by atoms with E-state index in [1.54, 1.807) is 0 Å². The lowest BCUT2D eigenvalue weighted by atomic mass is 10.2. The van der Waals surface area contributed by atoms with Gasteiger partial charge in [-0.2, -0.15) is 5.26 Å². The van der Waals surface area contributed by atoms with E-state index in [9.17, 15) is 22.0 Å². The van der Waals surface area contributed by atoms with E-state index >= 15 is 0 Å². The number of hydrogen-bond acceptors (Lipinski definition) is 4. The normalized spacial score (nSPS) is 10.8. The van der Waals surface area contributed by atoms with Crippen molar-refractivity contribution in [3.05, 3.63) is 65.2 Å². The molecule has 0 aliphatic heterocycles. The molecule has 1 amide bonds. The van der Waals surface area contributed by atoms with Gasteiger partial charge in [-0.25, -0.2) is 17.2 Å². The molecule has 0 saturated carbocycles. The minimum atomic E-state index is -3.62. The molecule has 2 aromatic carbocycles. The predicted octanol–water partition coefficient (Wildman–Crippen LogP) is 2.03. The number of nitrogens with zero attached hydrogens (tertiary/aromatic N) is 2. The van der Waals surface area contributed by atoms with Gasteiger partial charge in [-0.15, -0.1) is 0 Å². The van der Waals surface area contributed by atoms with Crippen LogP contribution in [0.1, 0.15) is 15.9 Å². The summed E-state index contributed by atoms with van der Waals surface area (Å²) in [4.78, 5) is 12.0. The van der Waals surface area contributed by atoms with Gasteiger partial charge >= 0.3 is 0 Å². The summed E-state index contributed by atoms with van der Waals surface area (Å²) in [5.74, 6) is -2.87. The molecule has 1 N–H and O–H groups in total. The van der Waals surface area contributed by atoms with Crippen LogP contribution in [0.2, 0.25) is 0 Å². The zero-order valence-electron chi connectivity index (χ0n) is 13.7. The van der Waals surface area contributed by atoms with Gasteiger partial charge in [0, 0.05) is 12.1 Å². The van der Waals surface area contributed by atoms with Crippen molar-refractivity contribution in [1.82, 2.24) is 5.32 Å². The van der Waals surface area contributed by atoms with Crippen molar-refractivity contribution in [1.29, 1.82) is 5.26 Å². The SMILES string of the molecule is CS(=O)(=O)N(CCNC(=O)c1ccc(F)c(F)c1)c1ccc(C#N)cc1. The number of amides is 1. The van der Waals surface area contributed by atoms with Crippen molar-refractivity contribution in [3.63, 3.8) is 0 Å². The van der Waals surface area contributed by atoms with Gasteiger partial charge in [0.2, 0.25) is 10.0 Å². The number of anilines is 1. The lowest BCUT2D eigenvalue weighted by Gasteiger charge is -2.22. The van der Waals surface area contributed by atoms with Crippen LogP contribution in [-0.2, 0) is 10.0 Å². The van der Waals surface area contributed by atoms with Crippen LogP contribution in [0, 0.1) is 23.0 Å². The van der Waals surface area contributed by atoms with E-state index in [1.165, 1.54) is 24.3 Å². The Hall–Kier alpha value is -2.99. The van der Waals surface area contributed by atoms with Crippen molar-refractivity contribution in [3.8, 4) is 6.07 Å². The van der Waals surface area contributed by atoms with E-state index in [4.69, 9.17) is 5.26 Å². The van der Waals surface area contributed by atoms with Gasteiger partial charge in [-0.3, -0.25) is 9.10 Å². The quantitative estimate of drug-likeness (QED) is 0.832. The van der Waals surface area contributed by atoms with Crippen LogP contribution in [0.15, 0.2) is 42.5 Å². The molecule has 0 aliphatic carbocycles. The number of sulfonamides is 1. The maximum Gasteiger partial charge on any atom is 0.251 e. The molecule has 0 unspecified atom stereocenters. The van der Waals surface area contributed by atoms with E-state index in [-0.39, 0.29) is 18.7 Å². The summed E-state index contributed by atoms with van der Waals surface area (Å²) in [6, 6.07) is 10.6. The van der Waals surface area contributed by atoms with Gasteiger partial charge in [0.1, 0.15) is 0 Å². The van der Waals surface area contributed by atoms with Crippen LogP contribution < -0.4 is 9.62 Å². The van der Waals surface area contributed by atoms with Crippen molar-refractivity contribution in [2.45, 2.75) is 0 Å². The Balaban J connectivity index is 2.06. The number of carbonyl (C=O) groups is 1. The van der Waals surface area contributed by atoms with Crippen LogP contribution in [0.3, 0.4) is 0 Å². The van der Waals surface area contributed by atoms with Gasteiger partial charge in [-0.1, -0.05) is 0 Å². The van der Waals surface area contributed by atoms with Crippen molar-refractivity contribution in [2.24, 2.45) is 0 Å². The average molecular weight is 379 g/mol. The Morgan fingerprint density at radius 3 is 2.35 bits per heavy atom. The molecule has 0 aliphatic rings. The van der Waals surface area contributed by atoms with Crippen LogP contribution in [0.5, 0.6) is 0 Å². The van der Waals surface area contributed by atoms with Crippen molar-refractivity contribution >= 4 is 21.6 Å². The molecular weight excluding hydrogens is 364 g/mol. The summed E-state index contributed by atoms with van der Waals surface area (Å²) in [5.41, 5.74) is 0.649. The van der Waals surface area contributed by atoms with Crippen LogP contribution in [0.4, 0.5) is 14.5 Å². The first-order valence-corrected chi connectivity index (χ1v) is 9.28. The summed E-state index contributed by atoms with van der Waals surface area (Å²) < 4.78 is 51.1. The fourth-order valence-corrected chi connectivity index (χ4v) is 3.13. The van der Waals surface area contributed by atoms with E-state index < -0.39 is 27.6 Å². The smallest absolute Gasteiger partial charge is 0.251 e. The van der Waals surface area contributed by atoms with Crippen LogP contribution in [0.25, 0.3) is 0 Å². The molecule has 2 rings (SSSR count). The van der Waals surface area contributed by atoms with Crippen LogP contribution >= 0.6 is 0 Å². The third-order valence-corrected chi connectivity index (χ3v) is 4.66. The lowest BCUT2D eigenvalue weighted by molar-refractivity contribution is 0.0954. The molecule has 2 aromatic rings. The number of nitrogens with one attached hydrogen (secondary N) is 1. The molecule has 0 aromatic heterocycles. The lowest BCUT2D eigenvalue weighted by Crippen LogP contribution is -2.38. The monoisotopic (exact) mass is 379 g/mol.